The Balaban J connectivity index is 0. The van der Waals surface area contributed by atoms with Crippen LogP contribution in [0.15, 0.2) is 64.8 Å². The lowest BCUT2D eigenvalue weighted by atomic mass is 9.92. The molecule has 0 radical (unpaired) electrons. The molecule has 0 aliphatic heterocycles. The molecule has 0 aliphatic carbocycles. The van der Waals surface area contributed by atoms with Crippen molar-refractivity contribution in [3.63, 3.8) is 0 Å². The highest BCUT2D eigenvalue weighted by molar-refractivity contribution is 5.80. The van der Waals surface area contributed by atoms with E-state index in [4.69, 9.17) is 11.0 Å². The molecule has 3 heteroatoms. The summed E-state index contributed by atoms with van der Waals surface area (Å²) in [7, 11) is 1.97. The van der Waals surface area contributed by atoms with E-state index in [1.165, 1.54) is 27.9 Å². The van der Waals surface area contributed by atoms with Gasteiger partial charge in [0, 0.05) is 6.04 Å². The number of rotatable bonds is 10. The van der Waals surface area contributed by atoms with Crippen LogP contribution in [0.3, 0.4) is 0 Å². The summed E-state index contributed by atoms with van der Waals surface area (Å²) in [5.74, 6) is 0. The molecular weight excluding hydrogens is 402 g/mol. The van der Waals surface area contributed by atoms with Gasteiger partial charge >= 0.3 is 0 Å². The maximum Gasteiger partial charge on any atom is 0.0991 e. The summed E-state index contributed by atoms with van der Waals surface area (Å²) in [5.41, 5.74) is 14.3. The van der Waals surface area contributed by atoms with Crippen LogP contribution in [-0.2, 0) is 0 Å². The first kappa shape index (κ1) is 32.3. The topological polar surface area (TPSA) is 61.8 Å². The monoisotopic (exact) mass is 447 g/mol. The van der Waals surface area contributed by atoms with Crippen molar-refractivity contribution in [3.05, 3.63) is 75.9 Å². The highest BCUT2D eigenvalue weighted by atomic mass is 14.8. The number of hydrogen-bond donors (Lipinski definition) is 2. The molecule has 0 saturated heterocycles. The van der Waals surface area contributed by atoms with E-state index in [0.717, 1.165) is 31.4 Å². The lowest BCUT2D eigenvalue weighted by Gasteiger charge is -2.15. The summed E-state index contributed by atoms with van der Waals surface area (Å²) >= 11 is 0. The fraction of sp³-hybridized carbons (Fsp3) is 0.433. The van der Waals surface area contributed by atoms with Gasteiger partial charge in [0.2, 0.25) is 0 Å². The van der Waals surface area contributed by atoms with Crippen LogP contribution < -0.4 is 11.1 Å². The Morgan fingerprint density at radius 1 is 1.06 bits per heavy atom. The van der Waals surface area contributed by atoms with Crippen LogP contribution in [0.25, 0.3) is 5.57 Å². The molecule has 1 atom stereocenters. The van der Waals surface area contributed by atoms with E-state index < -0.39 is 0 Å². The average Bonchev–Trinajstić information content (AvgIpc) is 2.83. The Kier molecular flexibility index (Phi) is 19.4. The number of benzene rings is 1. The molecule has 180 valence electrons. The van der Waals surface area contributed by atoms with E-state index in [1.54, 1.807) is 0 Å². The van der Waals surface area contributed by atoms with E-state index in [1.807, 2.05) is 45.2 Å². The highest BCUT2D eigenvalue weighted by Gasteiger charge is 2.09. The number of nitrogens with two attached hydrogens (primary N) is 1. The van der Waals surface area contributed by atoms with E-state index >= 15 is 0 Å². The van der Waals surface area contributed by atoms with Crippen LogP contribution in [0.1, 0.15) is 78.9 Å². The quantitative estimate of drug-likeness (QED) is 0.227. The molecule has 1 aromatic carbocycles. The van der Waals surface area contributed by atoms with Gasteiger partial charge in [-0.05, 0) is 102 Å². The molecule has 0 saturated carbocycles. The normalized spacial score (nSPS) is 12.7. The predicted molar refractivity (Wildman–Crippen MR) is 148 cm³/mol. The van der Waals surface area contributed by atoms with Gasteiger partial charge in [0.1, 0.15) is 0 Å². The fourth-order valence-electron chi connectivity index (χ4n) is 3.12. The number of allylic oxidation sites excluding steroid dienone is 7. The number of nitrogens with one attached hydrogen (secondary N) is 1. The van der Waals surface area contributed by atoms with Crippen LogP contribution in [0.5, 0.6) is 0 Å². The SMILES string of the molecule is C#C.CC.CNCCCC(N)C/C(C)=C/C(=C(C)/C(C)=C/C=C(C)C)c1ccc(C#N)cc1. The summed E-state index contributed by atoms with van der Waals surface area (Å²) in [6.07, 6.45) is 17.6. The lowest BCUT2D eigenvalue weighted by molar-refractivity contribution is 0.563. The maximum atomic E-state index is 9.11. The van der Waals surface area contributed by atoms with Crippen LogP contribution in [0.2, 0.25) is 0 Å². The van der Waals surface area contributed by atoms with Crippen molar-refractivity contribution in [1.82, 2.24) is 5.32 Å². The van der Waals surface area contributed by atoms with E-state index in [0.29, 0.717) is 5.56 Å². The van der Waals surface area contributed by atoms with Gasteiger partial charge in [0.05, 0.1) is 11.6 Å². The van der Waals surface area contributed by atoms with Crippen LogP contribution in [-0.4, -0.2) is 19.6 Å². The van der Waals surface area contributed by atoms with E-state index in [9.17, 15) is 0 Å². The average molecular weight is 448 g/mol. The first-order valence-electron chi connectivity index (χ1n) is 11.7. The second kappa shape index (κ2) is 19.8. The van der Waals surface area contributed by atoms with Crippen molar-refractivity contribution in [3.8, 4) is 18.9 Å². The second-order valence-electron chi connectivity index (χ2n) is 8.02. The van der Waals surface area contributed by atoms with E-state index in [-0.39, 0.29) is 6.04 Å². The van der Waals surface area contributed by atoms with Gasteiger partial charge in [-0.3, -0.25) is 0 Å². The maximum absolute atomic E-state index is 9.11. The van der Waals surface area contributed by atoms with Gasteiger partial charge in [-0.1, -0.05) is 55.4 Å². The Morgan fingerprint density at radius 2 is 1.64 bits per heavy atom. The van der Waals surface area contributed by atoms with Crippen molar-refractivity contribution >= 4 is 5.57 Å². The number of nitriles is 1. The molecule has 0 bridgehead atoms. The molecule has 33 heavy (non-hydrogen) atoms. The Morgan fingerprint density at radius 3 is 2.12 bits per heavy atom. The van der Waals surface area contributed by atoms with Gasteiger partial charge in [-0.2, -0.15) is 5.26 Å². The Hall–Kier alpha value is -2.85. The zero-order valence-electron chi connectivity index (χ0n) is 22.1. The standard InChI is InChI=1S/C26H37N3.C2H6.C2H2/c1-19(2)9-10-21(4)22(5)26(24-13-11-23(18-27)12-14-24)17-20(3)16-25(28)8-7-15-29-6;2*1-2/h9-14,17,25,29H,7-8,15-16,28H2,1-6H3;1-2H3;1-2H/b20-17+,21-10+,26-22-;;. The number of nitrogens with zero attached hydrogens (tertiary/aromatic N) is 1. The van der Waals surface area contributed by atoms with Crippen molar-refractivity contribution in [2.75, 3.05) is 13.6 Å². The zero-order chi connectivity index (χ0) is 25.8. The minimum Gasteiger partial charge on any atom is -0.327 e. The van der Waals surface area contributed by atoms with Crippen molar-refractivity contribution in [2.45, 2.75) is 73.8 Å². The van der Waals surface area contributed by atoms with Crippen LogP contribution >= 0.6 is 0 Å². The molecular formula is C30H45N3. The first-order valence-corrected chi connectivity index (χ1v) is 11.7. The van der Waals surface area contributed by atoms with E-state index in [2.05, 4.69) is 77.1 Å². The molecule has 0 spiro atoms. The third kappa shape index (κ3) is 14.0. The van der Waals surface area contributed by atoms with Crippen LogP contribution in [0.4, 0.5) is 0 Å². The minimum atomic E-state index is 0.171. The Labute approximate surface area is 204 Å². The summed E-state index contributed by atoms with van der Waals surface area (Å²) in [6, 6.07) is 10.2. The van der Waals surface area contributed by atoms with Gasteiger partial charge in [-0.25, -0.2) is 0 Å². The highest BCUT2D eigenvalue weighted by Crippen LogP contribution is 2.27. The molecule has 0 aromatic heterocycles. The molecule has 1 unspecified atom stereocenters. The number of terminal acetylenes is 1. The third-order valence-electron chi connectivity index (χ3n) is 4.96. The number of hydrogen-bond acceptors (Lipinski definition) is 3. The molecule has 1 rings (SSSR count). The third-order valence-corrected chi connectivity index (χ3v) is 4.96. The van der Waals surface area contributed by atoms with Crippen molar-refractivity contribution < 1.29 is 0 Å². The van der Waals surface area contributed by atoms with Gasteiger partial charge in [0.15, 0.2) is 0 Å². The largest absolute Gasteiger partial charge is 0.327 e. The van der Waals surface area contributed by atoms with Gasteiger partial charge < -0.3 is 11.1 Å². The predicted octanol–water partition coefficient (Wildman–Crippen LogP) is 7.18. The second-order valence-corrected chi connectivity index (χ2v) is 8.02. The van der Waals surface area contributed by atoms with Gasteiger partial charge in [-0.15, -0.1) is 12.8 Å². The minimum absolute atomic E-state index is 0.171. The zero-order valence-corrected chi connectivity index (χ0v) is 22.1. The molecule has 0 fully saturated rings. The smallest absolute Gasteiger partial charge is 0.0991 e. The molecule has 1 aromatic rings. The molecule has 0 amide bonds. The summed E-state index contributed by atoms with van der Waals surface area (Å²) in [5, 5.41) is 12.3. The lowest BCUT2D eigenvalue weighted by Crippen LogP contribution is -2.22. The van der Waals surface area contributed by atoms with Gasteiger partial charge in [0.25, 0.3) is 0 Å². The molecule has 0 aliphatic rings. The molecule has 3 nitrogen and oxygen atoms in total. The first-order chi connectivity index (χ1) is 15.8. The molecule has 0 heterocycles. The summed E-state index contributed by atoms with van der Waals surface area (Å²) in [4.78, 5) is 0. The fourth-order valence-corrected chi connectivity index (χ4v) is 3.12. The van der Waals surface area contributed by atoms with Crippen LogP contribution in [0, 0.1) is 24.2 Å². The summed E-state index contributed by atoms with van der Waals surface area (Å²) in [6.45, 7) is 15.7. The van der Waals surface area contributed by atoms with Crippen molar-refractivity contribution in [2.24, 2.45) is 5.73 Å². The summed E-state index contributed by atoms with van der Waals surface area (Å²) < 4.78 is 0. The Bertz CT molecular complexity index is 852. The van der Waals surface area contributed by atoms with Crippen molar-refractivity contribution in [1.29, 1.82) is 5.26 Å². The molecule has 3 N–H and O–H groups in total.